The third-order valence-electron chi connectivity index (χ3n) is 2.88. The molecule has 0 spiro atoms. The maximum Gasteiger partial charge on any atom is 0.118 e. The highest BCUT2D eigenvalue weighted by molar-refractivity contribution is 5.07. The number of furan rings is 1. The summed E-state index contributed by atoms with van der Waals surface area (Å²) in [4.78, 5) is 2.28. The first-order chi connectivity index (χ1) is 8.90. The van der Waals surface area contributed by atoms with Crippen LogP contribution in [0.3, 0.4) is 0 Å². The molecule has 3 nitrogen and oxygen atoms in total. The summed E-state index contributed by atoms with van der Waals surface area (Å²) in [5.74, 6) is 2.04. The Morgan fingerprint density at radius 2 is 2.00 bits per heavy atom. The summed E-state index contributed by atoms with van der Waals surface area (Å²) < 4.78 is 5.83. The second-order valence-electron chi connectivity index (χ2n) is 6.14. The molecule has 0 saturated carbocycles. The predicted molar refractivity (Wildman–Crippen MR) is 81.1 cm³/mol. The minimum Gasteiger partial charge on any atom is -0.463 e. The normalized spacial score (nSPS) is 12.1. The van der Waals surface area contributed by atoms with Crippen molar-refractivity contribution in [2.75, 3.05) is 13.6 Å². The summed E-state index contributed by atoms with van der Waals surface area (Å²) >= 11 is 0. The zero-order valence-corrected chi connectivity index (χ0v) is 12.8. The van der Waals surface area contributed by atoms with E-state index >= 15 is 0 Å². The third kappa shape index (κ3) is 7.19. The average Bonchev–Trinajstić information content (AvgIpc) is 2.73. The fourth-order valence-corrected chi connectivity index (χ4v) is 1.81. The Bertz CT molecular complexity index is 376. The SMILES string of the molecule is C=CCCCN(C)Cc1ccc(CNC(C)(C)C)o1. The second-order valence-corrected chi connectivity index (χ2v) is 6.14. The lowest BCUT2D eigenvalue weighted by atomic mass is 10.1. The van der Waals surface area contributed by atoms with Crippen LogP contribution in [0.25, 0.3) is 0 Å². The van der Waals surface area contributed by atoms with Crippen LogP contribution in [-0.4, -0.2) is 24.0 Å². The van der Waals surface area contributed by atoms with Crippen LogP contribution in [0.2, 0.25) is 0 Å². The van der Waals surface area contributed by atoms with E-state index in [1.54, 1.807) is 0 Å². The van der Waals surface area contributed by atoms with Gasteiger partial charge in [-0.1, -0.05) is 6.08 Å². The van der Waals surface area contributed by atoms with Gasteiger partial charge in [0, 0.05) is 5.54 Å². The summed E-state index contributed by atoms with van der Waals surface area (Å²) in [6.07, 6.45) is 4.19. The molecule has 0 bridgehead atoms. The van der Waals surface area contributed by atoms with Crippen LogP contribution in [0.1, 0.15) is 45.1 Å². The van der Waals surface area contributed by atoms with Crippen molar-refractivity contribution in [3.63, 3.8) is 0 Å². The number of allylic oxidation sites excluding steroid dienone is 1. The molecule has 0 aliphatic rings. The van der Waals surface area contributed by atoms with Gasteiger partial charge in [-0.3, -0.25) is 4.90 Å². The zero-order chi connectivity index (χ0) is 14.3. The smallest absolute Gasteiger partial charge is 0.118 e. The Morgan fingerprint density at radius 1 is 1.32 bits per heavy atom. The number of nitrogens with zero attached hydrogens (tertiary/aromatic N) is 1. The van der Waals surface area contributed by atoms with Crippen LogP contribution >= 0.6 is 0 Å². The molecule has 108 valence electrons. The summed E-state index contributed by atoms with van der Waals surface area (Å²) in [5.41, 5.74) is 0.119. The number of hydrogen-bond donors (Lipinski definition) is 1. The summed E-state index contributed by atoms with van der Waals surface area (Å²) in [6.45, 7) is 12.9. The molecular weight excluding hydrogens is 236 g/mol. The maximum absolute atomic E-state index is 5.83. The molecule has 0 fully saturated rings. The molecule has 0 aliphatic carbocycles. The molecule has 1 rings (SSSR count). The van der Waals surface area contributed by atoms with Crippen molar-refractivity contribution in [3.05, 3.63) is 36.3 Å². The molecule has 0 atom stereocenters. The van der Waals surface area contributed by atoms with Gasteiger partial charge in [-0.2, -0.15) is 0 Å². The second kappa shape index (κ2) is 7.51. The topological polar surface area (TPSA) is 28.4 Å². The Kier molecular flexibility index (Phi) is 6.32. The third-order valence-corrected chi connectivity index (χ3v) is 2.88. The molecule has 1 N–H and O–H groups in total. The van der Waals surface area contributed by atoms with E-state index in [1.165, 1.54) is 0 Å². The van der Waals surface area contributed by atoms with Gasteiger partial charge in [-0.05, 0) is 59.3 Å². The molecular formula is C16H28N2O. The summed E-state index contributed by atoms with van der Waals surface area (Å²) in [7, 11) is 2.12. The van der Waals surface area contributed by atoms with E-state index in [4.69, 9.17) is 4.42 Å². The minimum absolute atomic E-state index is 0.119. The van der Waals surface area contributed by atoms with Crippen molar-refractivity contribution in [1.82, 2.24) is 10.2 Å². The van der Waals surface area contributed by atoms with Crippen molar-refractivity contribution < 1.29 is 4.42 Å². The number of unbranched alkanes of at least 4 members (excludes halogenated alkanes) is 1. The van der Waals surface area contributed by atoms with Gasteiger partial charge in [0.15, 0.2) is 0 Å². The predicted octanol–water partition coefficient (Wildman–Crippen LogP) is 3.57. The van der Waals surface area contributed by atoms with Gasteiger partial charge in [-0.25, -0.2) is 0 Å². The molecule has 0 saturated heterocycles. The molecule has 0 unspecified atom stereocenters. The molecule has 0 aliphatic heterocycles. The molecule has 0 amide bonds. The van der Waals surface area contributed by atoms with Crippen LogP contribution in [0.4, 0.5) is 0 Å². The highest BCUT2D eigenvalue weighted by Crippen LogP contribution is 2.11. The van der Waals surface area contributed by atoms with E-state index in [9.17, 15) is 0 Å². The maximum atomic E-state index is 5.83. The fourth-order valence-electron chi connectivity index (χ4n) is 1.81. The molecule has 0 radical (unpaired) electrons. The first-order valence-corrected chi connectivity index (χ1v) is 7.03. The van der Waals surface area contributed by atoms with Crippen LogP contribution in [-0.2, 0) is 13.1 Å². The molecule has 0 aromatic carbocycles. The van der Waals surface area contributed by atoms with Gasteiger partial charge < -0.3 is 9.73 Å². The van der Waals surface area contributed by atoms with E-state index in [2.05, 4.69) is 56.7 Å². The highest BCUT2D eigenvalue weighted by atomic mass is 16.3. The van der Waals surface area contributed by atoms with Crippen molar-refractivity contribution in [2.45, 2.75) is 52.2 Å². The van der Waals surface area contributed by atoms with Gasteiger partial charge in [0.05, 0.1) is 13.1 Å². The van der Waals surface area contributed by atoms with Gasteiger partial charge in [0.1, 0.15) is 11.5 Å². The van der Waals surface area contributed by atoms with E-state index in [0.717, 1.165) is 44.0 Å². The summed E-state index contributed by atoms with van der Waals surface area (Å²) in [6, 6.07) is 4.13. The van der Waals surface area contributed by atoms with Gasteiger partial charge >= 0.3 is 0 Å². The molecule has 1 aromatic rings. The quantitative estimate of drug-likeness (QED) is 0.575. The minimum atomic E-state index is 0.119. The first kappa shape index (κ1) is 16.0. The lowest BCUT2D eigenvalue weighted by Crippen LogP contribution is -2.34. The van der Waals surface area contributed by atoms with Crippen molar-refractivity contribution in [1.29, 1.82) is 0 Å². The number of nitrogens with one attached hydrogen (secondary N) is 1. The average molecular weight is 264 g/mol. The zero-order valence-electron chi connectivity index (χ0n) is 12.8. The standard InChI is InChI=1S/C16H28N2O/c1-6-7-8-11-18(5)13-15-10-9-14(19-15)12-17-16(2,3)4/h6,9-10,17H,1,7-8,11-13H2,2-5H3. The molecule has 1 aromatic heterocycles. The number of hydrogen-bond acceptors (Lipinski definition) is 3. The van der Waals surface area contributed by atoms with Crippen LogP contribution in [0.15, 0.2) is 29.2 Å². The molecule has 1 heterocycles. The van der Waals surface area contributed by atoms with Gasteiger partial charge in [-0.15, -0.1) is 6.58 Å². The Hall–Kier alpha value is -1.06. The Balaban J connectivity index is 2.35. The van der Waals surface area contributed by atoms with E-state index in [0.29, 0.717) is 0 Å². The lowest BCUT2D eigenvalue weighted by Gasteiger charge is -2.19. The summed E-state index contributed by atoms with van der Waals surface area (Å²) in [5, 5.41) is 3.43. The van der Waals surface area contributed by atoms with Gasteiger partial charge in [0.2, 0.25) is 0 Å². The Labute approximate surface area is 117 Å². The molecule has 19 heavy (non-hydrogen) atoms. The monoisotopic (exact) mass is 264 g/mol. The van der Waals surface area contributed by atoms with Crippen LogP contribution in [0.5, 0.6) is 0 Å². The first-order valence-electron chi connectivity index (χ1n) is 7.03. The van der Waals surface area contributed by atoms with Crippen LogP contribution < -0.4 is 5.32 Å². The lowest BCUT2D eigenvalue weighted by molar-refractivity contribution is 0.284. The van der Waals surface area contributed by atoms with Crippen molar-refractivity contribution in [2.24, 2.45) is 0 Å². The Morgan fingerprint density at radius 3 is 2.63 bits per heavy atom. The van der Waals surface area contributed by atoms with E-state index in [-0.39, 0.29) is 5.54 Å². The number of rotatable bonds is 8. The largest absolute Gasteiger partial charge is 0.463 e. The fraction of sp³-hybridized carbons (Fsp3) is 0.625. The van der Waals surface area contributed by atoms with E-state index in [1.807, 2.05) is 6.08 Å². The van der Waals surface area contributed by atoms with E-state index < -0.39 is 0 Å². The molecule has 3 heteroatoms. The van der Waals surface area contributed by atoms with Crippen molar-refractivity contribution >= 4 is 0 Å². The van der Waals surface area contributed by atoms with Gasteiger partial charge in [0.25, 0.3) is 0 Å². The van der Waals surface area contributed by atoms with Crippen LogP contribution in [0, 0.1) is 0 Å². The highest BCUT2D eigenvalue weighted by Gasteiger charge is 2.10. The van der Waals surface area contributed by atoms with Crippen molar-refractivity contribution in [3.8, 4) is 0 Å².